The lowest BCUT2D eigenvalue weighted by Crippen LogP contribution is -2.18. The third-order valence-corrected chi connectivity index (χ3v) is 1.59. The van der Waals surface area contributed by atoms with Crippen molar-refractivity contribution >= 4 is 15.9 Å². The molecular formula is C6H2BrF4NO. The number of ether oxygens (including phenoxy) is 1. The number of rotatable bonds is 1. The summed E-state index contributed by atoms with van der Waals surface area (Å²) in [5.41, 5.74) is 0. The van der Waals surface area contributed by atoms with Crippen LogP contribution >= 0.6 is 15.9 Å². The minimum absolute atomic E-state index is 0.325. The van der Waals surface area contributed by atoms with Gasteiger partial charge in [-0.3, -0.25) is 0 Å². The second kappa shape index (κ2) is 3.49. The zero-order valence-corrected chi connectivity index (χ0v) is 7.49. The van der Waals surface area contributed by atoms with Crippen LogP contribution in [0.25, 0.3) is 0 Å². The molecule has 13 heavy (non-hydrogen) atoms. The van der Waals surface area contributed by atoms with Crippen molar-refractivity contribution in [2.75, 3.05) is 0 Å². The highest BCUT2D eigenvalue weighted by Crippen LogP contribution is 2.27. The molecule has 7 heteroatoms. The highest BCUT2D eigenvalue weighted by molar-refractivity contribution is 9.10. The average Bonchev–Trinajstić information content (AvgIpc) is 1.96. The Kier molecular flexibility index (Phi) is 2.74. The normalized spacial score (nSPS) is 11.5. The van der Waals surface area contributed by atoms with Gasteiger partial charge in [0.05, 0.1) is 0 Å². The standard InChI is InChI=1S/C6H2BrF4NO/c7-5-4(8)3(1-2-12-5)13-6(9,10)11/h1-2H. The first-order valence-electron chi connectivity index (χ1n) is 2.96. The minimum Gasteiger partial charge on any atom is -0.402 e. The van der Waals surface area contributed by atoms with E-state index in [4.69, 9.17) is 0 Å². The zero-order valence-electron chi connectivity index (χ0n) is 5.90. The molecule has 0 saturated carbocycles. The van der Waals surface area contributed by atoms with Crippen LogP contribution in [0.2, 0.25) is 0 Å². The van der Waals surface area contributed by atoms with Gasteiger partial charge in [0.1, 0.15) is 4.60 Å². The lowest BCUT2D eigenvalue weighted by molar-refractivity contribution is -0.275. The summed E-state index contributed by atoms with van der Waals surface area (Å²) in [6.45, 7) is 0. The van der Waals surface area contributed by atoms with Gasteiger partial charge in [0.2, 0.25) is 0 Å². The van der Waals surface area contributed by atoms with Crippen LogP contribution in [0.4, 0.5) is 17.6 Å². The van der Waals surface area contributed by atoms with E-state index >= 15 is 0 Å². The van der Waals surface area contributed by atoms with Crippen LogP contribution in [0, 0.1) is 5.82 Å². The third kappa shape index (κ3) is 2.83. The van der Waals surface area contributed by atoms with Gasteiger partial charge in [0.25, 0.3) is 0 Å². The molecule has 2 nitrogen and oxygen atoms in total. The van der Waals surface area contributed by atoms with Crippen LogP contribution in [0.1, 0.15) is 0 Å². The fourth-order valence-electron chi connectivity index (χ4n) is 0.605. The van der Waals surface area contributed by atoms with Gasteiger partial charge in [0.15, 0.2) is 11.6 Å². The molecule has 72 valence electrons. The SMILES string of the molecule is Fc1c(OC(F)(F)F)ccnc1Br. The topological polar surface area (TPSA) is 22.1 Å². The van der Waals surface area contributed by atoms with E-state index in [-0.39, 0.29) is 4.60 Å². The van der Waals surface area contributed by atoms with E-state index in [1.165, 1.54) is 0 Å². The summed E-state index contributed by atoms with van der Waals surface area (Å²) in [4.78, 5) is 3.36. The number of hydrogen-bond donors (Lipinski definition) is 0. The molecule has 0 saturated heterocycles. The van der Waals surface area contributed by atoms with E-state index in [0.29, 0.717) is 0 Å². The van der Waals surface area contributed by atoms with Crippen LogP contribution in [0.3, 0.4) is 0 Å². The molecule has 0 atom stereocenters. The van der Waals surface area contributed by atoms with Gasteiger partial charge in [-0.05, 0) is 15.9 Å². The first-order valence-corrected chi connectivity index (χ1v) is 3.75. The highest BCUT2D eigenvalue weighted by Gasteiger charge is 2.32. The molecule has 0 aliphatic rings. The number of alkyl halides is 3. The van der Waals surface area contributed by atoms with E-state index in [2.05, 4.69) is 25.7 Å². The molecule has 0 aromatic carbocycles. The van der Waals surface area contributed by atoms with Crippen LogP contribution in [-0.2, 0) is 0 Å². The summed E-state index contributed by atoms with van der Waals surface area (Å²) in [5, 5.41) is 0. The summed E-state index contributed by atoms with van der Waals surface area (Å²) in [6, 6.07) is 0.785. The molecule has 0 spiro atoms. The third-order valence-electron chi connectivity index (χ3n) is 1.04. The maximum Gasteiger partial charge on any atom is 0.573 e. The monoisotopic (exact) mass is 259 g/mol. The van der Waals surface area contributed by atoms with Crippen LogP contribution in [-0.4, -0.2) is 11.3 Å². The van der Waals surface area contributed by atoms with E-state index in [1.54, 1.807) is 0 Å². The van der Waals surface area contributed by atoms with Gasteiger partial charge in [-0.1, -0.05) is 0 Å². The molecule has 0 amide bonds. The predicted molar refractivity (Wildman–Crippen MR) is 38.6 cm³/mol. The maximum atomic E-state index is 12.8. The van der Waals surface area contributed by atoms with Crippen LogP contribution in [0.5, 0.6) is 5.75 Å². The number of halogens is 5. The molecule has 0 aliphatic heterocycles. The highest BCUT2D eigenvalue weighted by atomic mass is 79.9. The largest absolute Gasteiger partial charge is 0.573 e. The molecule has 0 bridgehead atoms. The van der Waals surface area contributed by atoms with E-state index in [9.17, 15) is 17.6 Å². The second-order valence-corrected chi connectivity index (χ2v) is 2.71. The quantitative estimate of drug-likeness (QED) is 0.572. The van der Waals surface area contributed by atoms with Gasteiger partial charge in [-0.25, -0.2) is 4.98 Å². The Morgan fingerprint density at radius 3 is 2.54 bits per heavy atom. The number of hydrogen-bond acceptors (Lipinski definition) is 2. The first kappa shape index (κ1) is 10.2. The smallest absolute Gasteiger partial charge is 0.402 e. The lowest BCUT2D eigenvalue weighted by atomic mass is 10.4. The molecule has 1 aromatic heterocycles. The Bertz CT molecular complexity index is 314. The van der Waals surface area contributed by atoms with Gasteiger partial charge in [-0.15, -0.1) is 13.2 Å². The molecule has 1 heterocycles. The fraction of sp³-hybridized carbons (Fsp3) is 0.167. The van der Waals surface area contributed by atoms with Gasteiger partial charge in [-0.2, -0.15) is 4.39 Å². The van der Waals surface area contributed by atoms with Crippen LogP contribution in [0.15, 0.2) is 16.9 Å². The van der Waals surface area contributed by atoms with Crippen molar-refractivity contribution in [2.24, 2.45) is 0 Å². The minimum atomic E-state index is -4.90. The molecular weight excluding hydrogens is 258 g/mol. The Morgan fingerprint density at radius 2 is 2.00 bits per heavy atom. The summed E-state index contributed by atoms with van der Waals surface area (Å²) in [5.74, 6) is -2.09. The van der Waals surface area contributed by atoms with Crippen LogP contribution < -0.4 is 4.74 Å². The van der Waals surface area contributed by atoms with Crippen molar-refractivity contribution in [1.82, 2.24) is 4.98 Å². The van der Waals surface area contributed by atoms with E-state index in [0.717, 1.165) is 12.3 Å². The first-order chi connectivity index (χ1) is 5.90. The summed E-state index contributed by atoms with van der Waals surface area (Å²) in [7, 11) is 0. The van der Waals surface area contributed by atoms with Gasteiger partial charge >= 0.3 is 6.36 Å². The van der Waals surface area contributed by atoms with Crippen molar-refractivity contribution in [1.29, 1.82) is 0 Å². The number of aromatic nitrogens is 1. The number of pyridine rings is 1. The molecule has 1 aromatic rings. The maximum absolute atomic E-state index is 12.8. The molecule has 0 radical (unpaired) electrons. The molecule has 0 aliphatic carbocycles. The van der Waals surface area contributed by atoms with E-state index < -0.39 is 17.9 Å². The average molecular weight is 260 g/mol. The van der Waals surface area contributed by atoms with Crippen molar-refractivity contribution in [2.45, 2.75) is 6.36 Å². The van der Waals surface area contributed by atoms with Gasteiger partial charge < -0.3 is 4.74 Å². The number of nitrogens with zero attached hydrogens (tertiary/aromatic N) is 1. The fourth-order valence-corrected chi connectivity index (χ4v) is 0.919. The summed E-state index contributed by atoms with van der Waals surface area (Å²) in [6.07, 6.45) is -3.91. The Labute approximate surface area is 78.7 Å². The van der Waals surface area contributed by atoms with Gasteiger partial charge in [0, 0.05) is 12.3 Å². The second-order valence-electron chi connectivity index (χ2n) is 1.96. The Morgan fingerprint density at radius 1 is 1.38 bits per heavy atom. The Hall–Kier alpha value is -0.850. The van der Waals surface area contributed by atoms with Crippen molar-refractivity contribution in [3.63, 3.8) is 0 Å². The van der Waals surface area contributed by atoms with Crippen molar-refractivity contribution in [3.8, 4) is 5.75 Å². The summed E-state index contributed by atoms with van der Waals surface area (Å²) >= 11 is 2.62. The zero-order chi connectivity index (χ0) is 10.1. The summed E-state index contributed by atoms with van der Waals surface area (Å²) < 4.78 is 50.7. The van der Waals surface area contributed by atoms with Crippen molar-refractivity contribution < 1.29 is 22.3 Å². The molecule has 0 fully saturated rings. The molecule has 1 rings (SSSR count). The predicted octanol–water partition coefficient (Wildman–Crippen LogP) is 2.88. The molecule has 0 N–H and O–H groups in total. The Balaban J connectivity index is 2.96. The van der Waals surface area contributed by atoms with Crippen molar-refractivity contribution in [3.05, 3.63) is 22.7 Å². The molecule has 0 unspecified atom stereocenters. The lowest BCUT2D eigenvalue weighted by Gasteiger charge is -2.09. The van der Waals surface area contributed by atoms with E-state index in [1.807, 2.05) is 0 Å².